The summed E-state index contributed by atoms with van der Waals surface area (Å²) in [6.07, 6.45) is 4.51. The first-order valence-electron chi connectivity index (χ1n) is 11.1. The summed E-state index contributed by atoms with van der Waals surface area (Å²) in [6.45, 7) is 2.10. The number of carbonyl (C=O) groups excluding carboxylic acids is 1. The molecule has 4 rings (SSSR count). The van der Waals surface area contributed by atoms with Crippen LogP contribution in [0.1, 0.15) is 27.0 Å². The predicted octanol–water partition coefficient (Wildman–Crippen LogP) is 3.16. The number of aromatic nitrogens is 2. The van der Waals surface area contributed by atoms with E-state index in [1.165, 1.54) is 37.4 Å². The van der Waals surface area contributed by atoms with E-state index in [4.69, 9.17) is 4.74 Å². The van der Waals surface area contributed by atoms with Gasteiger partial charge in [0.05, 0.1) is 43.2 Å². The maximum Gasteiger partial charge on any atom is 0.252 e. The molecule has 2 aromatic carbocycles. The van der Waals surface area contributed by atoms with Gasteiger partial charge in [-0.2, -0.15) is 5.10 Å². The number of benzene rings is 2. The molecular formula is C26H26F2N4O3. The lowest BCUT2D eigenvalue weighted by Crippen LogP contribution is -2.48. The third-order valence-corrected chi connectivity index (χ3v) is 5.85. The number of carbonyl (C=O) groups is 1. The van der Waals surface area contributed by atoms with Gasteiger partial charge in [0.1, 0.15) is 17.7 Å². The Hall–Kier alpha value is -3.69. The van der Waals surface area contributed by atoms with Crippen molar-refractivity contribution in [1.82, 2.24) is 15.1 Å². The van der Waals surface area contributed by atoms with Gasteiger partial charge in [0, 0.05) is 18.9 Å². The van der Waals surface area contributed by atoms with Crippen molar-refractivity contribution < 1.29 is 23.4 Å². The van der Waals surface area contributed by atoms with Crippen molar-refractivity contribution in [3.8, 4) is 0 Å². The van der Waals surface area contributed by atoms with Crippen LogP contribution in [-0.4, -0.2) is 58.9 Å². The minimum Gasteiger partial charge on any atom is -0.394 e. The lowest BCUT2D eigenvalue weighted by Gasteiger charge is -2.26. The van der Waals surface area contributed by atoms with Crippen LogP contribution in [0, 0.1) is 18.6 Å². The Morgan fingerprint density at radius 1 is 1.23 bits per heavy atom. The number of hydrogen-bond donors (Lipinski definition) is 2. The number of nitrogens with zero attached hydrogens (tertiary/aromatic N) is 3. The van der Waals surface area contributed by atoms with E-state index < -0.39 is 23.9 Å². The first kappa shape index (κ1) is 24.4. The molecule has 0 spiro atoms. The summed E-state index contributed by atoms with van der Waals surface area (Å²) in [7, 11) is 1.44. The molecule has 0 bridgehead atoms. The molecule has 0 saturated carbocycles. The molecule has 35 heavy (non-hydrogen) atoms. The van der Waals surface area contributed by atoms with Crippen LogP contribution in [-0.2, 0) is 11.3 Å². The lowest BCUT2D eigenvalue weighted by atomic mass is 9.99. The summed E-state index contributed by atoms with van der Waals surface area (Å²) in [4.78, 5) is 17.8. The van der Waals surface area contributed by atoms with Gasteiger partial charge in [0.25, 0.3) is 5.91 Å². The second kappa shape index (κ2) is 10.7. The van der Waals surface area contributed by atoms with E-state index in [2.05, 4.69) is 15.4 Å². The normalized spacial score (nSPS) is 14.9. The zero-order valence-electron chi connectivity index (χ0n) is 19.4. The largest absolute Gasteiger partial charge is 0.394 e. The monoisotopic (exact) mass is 480 g/mol. The first-order chi connectivity index (χ1) is 16.9. The number of aliphatic imine (C=N–C) groups is 1. The summed E-state index contributed by atoms with van der Waals surface area (Å²) in [6, 6.07) is 9.59. The Morgan fingerprint density at radius 3 is 2.66 bits per heavy atom. The number of aliphatic hydroxyl groups excluding tert-OH is 1. The Labute approximate surface area is 201 Å². The SMILES string of the molecule is CO[C@H](CO)[C@@H](Cn1cc(C)cn1)NC(=O)c1cccc(F)c1C1=NCC(c2ccc(F)cc2)=C1. The second-order valence-electron chi connectivity index (χ2n) is 8.32. The topological polar surface area (TPSA) is 88.7 Å². The molecule has 0 saturated heterocycles. The molecule has 2 atom stereocenters. The number of aryl methyl sites for hydroxylation is 1. The Kier molecular flexibility index (Phi) is 7.48. The van der Waals surface area contributed by atoms with E-state index >= 15 is 4.39 Å². The molecule has 1 aliphatic heterocycles. The number of amides is 1. The van der Waals surface area contributed by atoms with Gasteiger partial charge in [0.15, 0.2) is 0 Å². The average Bonchev–Trinajstić information content (AvgIpc) is 3.49. The molecule has 182 valence electrons. The van der Waals surface area contributed by atoms with Gasteiger partial charge in [0.2, 0.25) is 0 Å². The van der Waals surface area contributed by atoms with Crippen molar-refractivity contribution in [3.05, 3.63) is 94.8 Å². The van der Waals surface area contributed by atoms with Crippen LogP contribution in [0.5, 0.6) is 0 Å². The Balaban J connectivity index is 1.61. The highest BCUT2D eigenvalue weighted by atomic mass is 19.1. The minimum absolute atomic E-state index is 0.0776. The second-order valence-corrected chi connectivity index (χ2v) is 8.32. The third kappa shape index (κ3) is 5.52. The van der Waals surface area contributed by atoms with E-state index in [9.17, 15) is 14.3 Å². The van der Waals surface area contributed by atoms with Gasteiger partial charge in [-0.15, -0.1) is 0 Å². The molecule has 2 N–H and O–H groups in total. The number of halogens is 2. The highest BCUT2D eigenvalue weighted by molar-refractivity contribution is 6.19. The number of nitrogens with one attached hydrogen (secondary N) is 1. The fourth-order valence-corrected chi connectivity index (χ4v) is 4.03. The number of ether oxygens (including phenoxy) is 1. The maximum atomic E-state index is 15.0. The van der Waals surface area contributed by atoms with Crippen molar-refractivity contribution >= 4 is 17.2 Å². The van der Waals surface area contributed by atoms with Crippen molar-refractivity contribution in [2.24, 2.45) is 4.99 Å². The van der Waals surface area contributed by atoms with Crippen molar-refractivity contribution in [3.63, 3.8) is 0 Å². The number of rotatable bonds is 9. The fourth-order valence-electron chi connectivity index (χ4n) is 4.03. The zero-order chi connectivity index (χ0) is 24.9. The van der Waals surface area contributed by atoms with Crippen LogP contribution < -0.4 is 5.32 Å². The molecule has 2 heterocycles. The molecular weight excluding hydrogens is 454 g/mol. The van der Waals surface area contributed by atoms with Gasteiger partial charge in [-0.3, -0.25) is 14.5 Å². The van der Waals surface area contributed by atoms with Crippen LogP contribution in [0.4, 0.5) is 8.78 Å². The van der Waals surface area contributed by atoms with Crippen LogP contribution in [0.15, 0.2) is 65.9 Å². The van der Waals surface area contributed by atoms with E-state index in [0.29, 0.717) is 5.71 Å². The summed E-state index contributed by atoms with van der Waals surface area (Å²) in [5.74, 6) is -1.47. The molecule has 1 amide bonds. The molecule has 3 aromatic rings. The Bertz CT molecular complexity index is 1260. The summed E-state index contributed by atoms with van der Waals surface area (Å²) in [5, 5.41) is 16.9. The van der Waals surface area contributed by atoms with Crippen molar-refractivity contribution in [1.29, 1.82) is 0 Å². The molecule has 1 aliphatic rings. The van der Waals surface area contributed by atoms with E-state index in [0.717, 1.165) is 16.7 Å². The molecule has 0 unspecified atom stereocenters. The molecule has 0 aliphatic carbocycles. The number of hydrogen-bond acceptors (Lipinski definition) is 5. The van der Waals surface area contributed by atoms with Gasteiger partial charge >= 0.3 is 0 Å². The van der Waals surface area contributed by atoms with Gasteiger partial charge in [-0.25, -0.2) is 8.78 Å². The summed E-state index contributed by atoms with van der Waals surface area (Å²) in [5.41, 5.74) is 3.03. The highest BCUT2D eigenvalue weighted by Gasteiger charge is 2.27. The van der Waals surface area contributed by atoms with Gasteiger partial charge in [-0.05, 0) is 54.0 Å². The van der Waals surface area contributed by atoms with Crippen LogP contribution in [0.2, 0.25) is 0 Å². The minimum atomic E-state index is -0.700. The van der Waals surface area contributed by atoms with E-state index in [1.54, 1.807) is 29.1 Å². The van der Waals surface area contributed by atoms with Gasteiger partial charge < -0.3 is 15.2 Å². The number of methoxy groups -OCH3 is 1. The zero-order valence-corrected chi connectivity index (χ0v) is 19.4. The molecule has 7 nitrogen and oxygen atoms in total. The summed E-state index contributed by atoms with van der Waals surface area (Å²) >= 11 is 0. The van der Waals surface area contributed by atoms with Gasteiger partial charge in [-0.1, -0.05) is 18.2 Å². The van der Waals surface area contributed by atoms with E-state index in [1.807, 2.05) is 13.1 Å². The Morgan fingerprint density at radius 2 is 2.00 bits per heavy atom. The first-order valence-corrected chi connectivity index (χ1v) is 11.1. The van der Waals surface area contributed by atoms with Crippen molar-refractivity contribution in [2.45, 2.75) is 25.6 Å². The van der Waals surface area contributed by atoms with E-state index in [-0.39, 0.29) is 36.6 Å². The molecule has 9 heteroatoms. The third-order valence-electron chi connectivity index (χ3n) is 5.85. The fraction of sp³-hybridized carbons (Fsp3) is 0.269. The number of aliphatic hydroxyl groups is 1. The van der Waals surface area contributed by atoms with Crippen LogP contribution in [0.3, 0.4) is 0 Å². The summed E-state index contributed by atoms with van der Waals surface area (Å²) < 4.78 is 35.3. The molecule has 0 fully saturated rings. The predicted molar refractivity (Wildman–Crippen MR) is 128 cm³/mol. The average molecular weight is 481 g/mol. The smallest absolute Gasteiger partial charge is 0.252 e. The van der Waals surface area contributed by atoms with Crippen LogP contribution in [0.25, 0.3) is 5.57 Å². The quantitative estimate of drug-likeness (QED) is 0.493. The van der Waals surface area contributed by atoms with Crippen LogP contribution >= 0.6 is 0 Å². The standard InChI is InChI=1S/C26H26F2N4O3/c1-16-11-30-32(13-16)14-23(24(15-33)35-2)31-26(34)20-4-3-5-21(28)25(20)22-10-18(12-29-22)17-6-8-19(27)9-7-17/h3-11,13,23-24,33H,12,14-15H2,1-2H3,(H,31,34)/t23-,24-/m1/s1. The molecule has 0 radical (unpaired) electrons. The maximum absolute atomic E-state index is 15.0. The van der Waals surface area contributed by atoms with Crippen molar-refractivity contribution in [2.75, 3.05) is 20.3 Å². The number of allylic oxidation sites excluding steroid dienone is 1. The molecule has 1 aromatic heterocycles. The lowest BCUT2D eigenvalue weighted by molar-refractivity contribution is 0.0166. The highest BCUT2D eigenvalue weighted by Crippen LogP contribution is 2.25.